The minimum Gasteiger partial charge on any atom is -0.468 e. The van der Waals surface area contributed by atoms with Crippen molar-refractivity contribution in [2.45, 2.75) is 146 Å². The van der Waals surface area contributed by atoms with E-state index in [2.05, 4.69) is 36.1 Å². The molecule has 0 bridgehead atoms. The molecule has 1 unspecified atom stereocenters. The van der Waals surface area contributed by atoms with Crippen molar-refractivity contribution in [3.8, 4) is 5.88 Å². The summed E-state index contributed by atoms with van der Waals surface area (Å²) < 4.78 is 87.0. The van der Waals surface area contributed by atoms with Gasteiger partial charge in [-0.2, -0.15) is 8.78 Å². The third-order valence-corrected chi connectivity index (χ3v) is 12.8. The lowest BCUT2D eigenvalue weighted by Gasteiger charge is -2.27. The molecule has 4 aliphatic rings. The Labute approximate surface area is 359 Å². The summed E-state index contributed by atoms with van der Waals surface area (Å²) in [6, 6.07) is 4.78. The second-order valence-corrected chi connectivity index (χ2v) is 19.4. The summed E-state index contributed by atoms with van der Waals surface area (Å²) in [5, 5.41) is 12.9. The summed E-state index contributed by atoms with van der Waals surface area (Å²) in [5.74, 6) is -7.51. The molecular weight excluding hydrogens is 822 g/mol. The average Bonchev–Trinajstić information content (AvgIpc) is 4.09. The summed E-state index contributed by atoms with van der Waals surface area (Å²) in [4.78, 5) is 62.2. The molecule has 61 heavy (non-hydrogen) atoms. The van der Waals surface area contributed by atoms with Gasteiger partial charge in [0, 0.05) is 16.6 Å². The first-order valence-electron chi connectivity index (χ1n) is 21.1. The number of aromatic nitrogens is 2. The molecular formula is C42H65F3N6O9S. The van der Waals surface area contributed by atoms with Gasteiger partial charge in [-0.3, -0.25) is 19.1 Å². The molecule has 15 nitrogen and oxygen atoms in total. The molecule has 5 atom stereocenters. The zero-order valence-electron chi connectivity index (χ0n) is 35.4. The van der Waals surface area contributed by atoms with Crippen LogP contribution < -0.4 is 20.1 Å². The number of carboxylic acid groups (broad SMARTS) is 1. The van der Waals surface area contributed by atoms with Crippen molar-refractivity contribution >= 4 is 44.9 Å². The first kappa shape index (κ1) is 47.5. The van der Waals surface area contributed by atoms with Crippen LogP contribution in [0.4, 0.5) is 18.0 Å². The number of alkyl halides is 3. The normalized spacial score (nSPS) is 24.6. The van der Waals surface area contributed by atoms with E-state index in [4.69, 9.17) is 9.47 Å². The Balaban J connectivity index is 0.00000193. The van der Waals surface area contributed by atoms with Crippen molar-refractivity contribution in [2.24, 2.45) is 11.8 Å². The lowest BCUT2D eigenvalue weighted by Crippen LogP contribution is -2.57. The summed E-state index contributed by atoms with van der Waals surface area (Å²) in [5.41, 5.74) is -4.07. The largest absolute Gasteiger partial charge is 0.468 e. The van der Waals surface area contributed by atoms with E-state index >= 15 is 13.2 Å². The fourth-order valence-electron chi connectivity index (χ4n) is 7.68. The number of para-hydroxylation sites is 2. The van der Waals surface area contributed by atoms with Gasteiger partial charge in [-0.25, -0.2) is 27.6 Å². The Morgan fingerprint density at radius 3 is 2.31 bits per heavy atom. The minimum absolute atomic E-state index is 0. The highest BCUT2D eigenvalue weighted by molar-refractivity contribution is 7.91. The number of ether oxygens (including phenoxy) is 2. The number of amides is 4. The van der Waals surface area contributed by atoms with Crippen molar-refractivity contribution < 1.29 is 59.6 Å². The Kier molecular flexibility index (Phi) is 15.3. The second kappa shape index (κ2) is 19.7. The molecule has 0 spiro atoms. The molecule has 2 heterocycles. The average molecular weight is 887 g/mol. The van der Waals surface area contributed by atoms with Crippen molar-refractivity contribution in [1.29, 1.82) is 0 Å². The van der Waals surface area contributed by atoms with Crippen LogP contribution in [0.25, 0.3) is 11.0 Å². The number of hydrogen-bond acceptors (Lipinski definition) is 10. The van der Waals surface area contributed by atoms with Gasteiger partial charge in [0.25, 0.3) is 5.91 Å². The predicted octanol–water partition coefficient (Wildman–Crippen LogP) is 6.65. The van der Waals surface area contributed by atoms with E-state index in [9.17, 15) is 32.7 Å². The second-order valence-electron chi connectivity index (χ2n) is 17.4. The number of nitrogens with zero attached hydrogens (tertiary/aromatic N) is 3. The number of carbonyl (C=O) groups excluding carboxylic acids is 3. The molecule has 4 amide bonds. The van der Waals surface area contributed by atoms with Gasteiger partial charge < -0.3 is 30.1 Å². The SMILES string of the molecule is CC(C)C.CCCCC(F)[C@@H]1C[C@]1(NC(=O)[C@@H]1C[C@@](C)(Oc2nc3ccccc3nc2C(F)(F)/C=C/COC2CCCC2)CN1C(=O)CNC(=O)O)C(=O)NS(=O)(=O)C1CC1.[HH].[HH].[HH]. The van der Waals surface area contributed by atoms with Crippen molar-refractivity contribution in [3.05, 3.63) is 42.1 Å². The number of sulfonamides is 1. The first-order valence-corrected chi connectivity index (χ1v) is 22.7. The standard InChI is InChI=1S/C38H49F3N6O9S.C4H10.3H2/c1-3-4-12-26(39)25-19-37(25,34(50)46-57(53,54)24-15-16-24)45-32(49)29-20-36(2,22-47(29)30(48)21-42-35(51)52)56-33-31(43-27-13-7-8-14-28(27)44-33)38(40,41)17-9-18-55-23-10-5-6-11-23;1-4(2)3;;;/h7-9,13-14,17,23-26,29,42H,3-6,10-12,15-16,18-22H2,1-2H3,(H,45,49)(H,46,50)(H,51,52);4H,1-3H3;3*1H/b17-9+;;;;/t25-,26?,29-,36+,37+;;;;/m0..../s1. The number of fused-ring (bicyclic) bond motifs is 1. The van der Waals surface area contributed by atoms with E-state index in [0.29, 0.717) is 31.8 Å². The summed E-state index contributed by atoms with van der Waals surface area (Å²) in [6.45, 7) is 8.53. The van der Waals surface area contributed by atoms with Crippen LogP contribution in [0.15, 0.2) is 36.4 Å². The molecule has 3 aliphatic carbocycles. The van der Waals surface area contributed by atoms with Gasteiger partial charge in [0.1, 0.15) is 29.9 Å². The number of unbranched alkanes of at least 4 members (excludes halogenated alkanes) is 1. The number of halogens is 3. The van der Waals surface area contributed by atoms with Gasteiger partial charge >= 0.3 is 12.0 Å². The number of benzene rings is 1. The molecule has 344 valence electrons. The predicted molar refractivity (Wildman–Crippen MR) is 226 cm³/mol. The van der Waals surface area contributed by atoms with Crippen LogP contribution in [0.3, 0.4) is 0 Å². The van der Waals surface area contributed by atoms with Gasteiger partial charge in [-0.1, -0.05) is 71.6 Å². The van der Waals surface area contributed by atoms with Crippen LogP contribution in [0.5, 0.6) is 5.88 Å². The van der Waals surface area contributed by atoms with Gasteiger partial charge in [0.15, 0.2) is 5.69 Å². The Hall–Kier alpha value is -4.52. The number of nitrogens with one attached hydrogen (secondary N) is 3. The Bertz CT molecular complexity index is 2060. The highest BCUT2D eigenvalue weighted by Gasteiger charge is 2.66. The van der Waals surface area contributed by atoms with Crippen LogP contribution in [0, 0.1) is 11.8 Å². The van der Waals surface area contributed by atoms with E-state index in [0.717, 1.165) is 36.5 Å². The van der Waals surface area contributed by atoms with Gasteiger partial charge in [0.2, 0.25) is 27.7 Å². The highest BCUT2D eigenvalue weighted by atomic mass is 32.2. The number of allylic oxidation sites excluding steroid dienone is 1. The molecule has 6 rings (SSSR count). The topological polar surface area (TPSA) is 206 Å². The third-order valence-electron chi connectivity index (χ3n) is 11.0. The molecule has 4 fully saturated rings. The summed E-state index contributed by atoms with van der Waals surface area (Å²) in [6.07, 6.45) is 3.76. The van der Waals surface area contributed by atoms with Gasteiger partial charge in [0.05, 0.1) is 35.5 Å². The zero-order valence-corrected chi connectivity index (χ0v) is 36.2. The van der Waals surface area contributed by atoms with Crippen molar-refractivity contribution in [1.82, 2.24) is 30.2 Å². The quantitative estimate of drug-likeness (QED) is 0.117. The fraction of sp³-hybridized carbons (Fsp3) is 0.667. The molecule has 1 saturated heterocycles. The van der Waals surface area contributed by atoms with E-state index < -0.39 is 98.9 Å². The Morgan fingerprint density at radius 1 is 1.07 bits per heavy atom. The molecule has 0 radical (unpaired) electrons. The number of hydrogen-bond donors (Lipinski definition) is 4. The lowest BCUT2D eigenvalue weighted by atomic mass is 10.0. The van der Waals surface area contributed by atoms with Gasteiger partial charge in [-0.05, 0) is 69.6 Å². The van der Waals surface area contributed by atoms with E-state index in [1.54, 1.807) is 18.2 Å². The van der Waals surface area contributed by atoms with Crippen LogP contribution in [0.2, 0.25) is 0 Å². The molecule has 3 saturated carbocycles. The summed E-state index contributed by atoms with van der Waals surface area (Å²) >= 11 is 0. The Morgan fingerprint density at radius 2 is 1.70 bits per heavy atom. The maximum absolute atomic E-state index is 16.0. The molecule has 4 N–H and O–H groups in total. The third kappa shape index (κ3) is 12.3. The molecule has 1 aliphatic heterocycles. The zero-order chi connectivity index (χ0) is 44.8. The smallest absolute Gasteiger partial charge is 0.405 e. The fourth-order valence-corrected chi connectivity index (χ4v) is 9.04. The molecule has 1 aromatic carbocycles. The maximum Gasteiger partial charge on any atom is 0.405 e. The van der Waals surface area contributed by atoms with Crippen LogP contribution in [-0.4, -0.2) is 107 Å². The van der Waals surface area contributed by atoms with Crippen LogP contribution in [0.1, 0.15) is 115 Å². The van der Waals surface area contributed by atoms with Crippen LogP contribution in [-0.2, 0) is 35.1 Å². The van der Waals surface area contributed by atoms with E-state index in [1.165, 1.54) is 19.1 Å². The van der Waals surface area contributed by atoms with E-state index in [-0.39, 0.29) is 47.3 Å². The number of likely N-dealkylation sites (tertiary alicyclic amines) is 1. The molecule has 1 aromatic heterocycles. The minimum atomic E-state index is -4.09. The maximum atomic E-state index is 16.0. The first-order chi connectivity index (χ1) is 28.7. The van der Waals surface area contributed by atoms with Crippen molar-refractivity contribution in [2.75, 3.05) is 19.7 Å². The highest BCUT2D eigenvalue weighted by Crippen LogP contribution is 2.49. The number of rotatable bonds is 18. The van der Waals surface area contributed by atoms with Crippen molar-refractivity contribution in [3.63, 3.8) is 0 Å². The number of carbonyl (C=O) groups is 4. The van der Waals surface area contributed by atoms with Crippen LogP contribution >= 0.6 is 0 Å². The van der Waals surface area contributed by atoms with E-state index in [1.807, 2.05) is 17.0 Å². The summed E-state index contributed by atoms with van der Waals surface area (Å²) in [7, 11) is -4.09. The lowest BCUT2D eigenvalue weighted by molar-refractivity contribution is -0.139. The molecule has 2 aromatic rings. The molecule has 19 heteroatoms. The van der Waals surface area contributed by atoms with Gasteiger partial charge in [-0.15, -0.1) is 0 Å². The monoisotopic (exact) mass is 886 g/mol.